The molecule has 1 aromatic rings. The summed E-state index contributed by atoms with van der Waals surface area (Å²) in [5.74, 6) is -0.508. The highest BCUT2D eigenvalue weighted by molar-refractivity contribution is 6.32. The first-order valence-electron chi connectivity index (χ1n) is 5.89. The summed E-state index contributed by atoms with van der Waals surface area (Å²) in [6, 6.07) is 3.73. The van der Waals surface area contributed by atoms with Crippen LogP contribution in [0.15, 0.2) is 18.2 Å². The van der Waals surface area contributed by atoms with E-state index in [2.05, 4.69) is 5.32 Å². The molecule has 0 radical (unpaired) electrons. The zero-order chi connectivity index (χ0) is 14.6. The van der Waals surface area contributed by atoms with E-state index < -0.39 is 17.5 Å². The number of carbonyl (C=O) groups is 1. The third-order valence-electron chi connectivity index (χ3n) is 2.54. The van der Waals surface area contributed by atoms with Crippen LogP contribution in [0.2, 0.25) is 5.02 Å². The van der Waals surface area contributed by atoms with Gasteiger partial charge in [-0.25, -0.2) is 4.39 Å². The predicted octanol–water partition coefficient (Wildman–Crippen LogP) is 2.10. The third kappa shape index (κ3) is 4.69. The van der Waals surface area contributed by atoms with Gasteiger partial charge < -0.3 is 15.8 Å². The van der Waals surface area contributed by atoms with Crippen molar-refractivity contribution in [2.45, 2.75) is 32.4 Å². The number of rotatable bonds is 5. The van der Waals surface area contributed by atoms with E-state index in [1.54, 1.807) is 6.92 Å². The lowest BCUT2D eigenvalue weighted by Crippen LogP contribution is -2.52. The number of hydrogen-bond donors (Lipinski definition) is 2. The molecule has 0 heterocycles. The van der Waals surface area contributed by atoms with Crippen LogP contribution in [0.4, 0.5) is 4.39 Å². The highest BCUT2D eigenvalue weighted by Crippen LogP contribution is 2.25. The van der Waals surface area contributed by atoms with Crippen LogP contribution in [0.25, 0.3) is 0 Å². The molecule has 4 nitrogen and oxygen atoms in total. The van der Waals surface area contributed by atoms with Gasteiger partial charge in [0.25, 0.3) is 5.91 Å². The summed E-state index contributed by atoms with van der Waals surface area (Å²) in [5.41, 5.74) is 5.02. The quantitative estimate of drug-likeness (QED) is 0.872. The number of amides is 1. The van der Waals surface area contributed by atoms with Crippen LogP contribution in [0.5, 0.6) is 5.75 Å². The van der Waals surface area contributed by atoms with Crippen LogP contribution in [0, 0.1) is 5.82 Å². The van der Waals surface area contributed by atoms with Crippen molar-refractivity contribution in [2.24, 2.45) is 5.73 Å². The number of nitrogens with one attached hydrogen (secondary N) is 1. The van der Waals surface area contributed by atoms with Crippen LogP contribution in [-0.2, 0) is 4.79 Å². The van der Waals surface area contributed by atoms with E-state index in [0.717, 1.165) is 6.07 Å². The van der Waals surface area contributed by atoms with Gasteiger partial charge in [0.2, 0.25) is 0 Å². The highest BCUT2D eigenvalue weighted by atomic mass is 35.5. The Labute approximate surface area is 117 Å². The van der Waals surface area contributed by atoms with Gasteiger partial charge in [-0.1, -0.05) is 11.6 Å². The number of benzene rings is 1. The lowest BCUT2D eigenvalue weighted by atomic mass is 10.1. The van der Waals surface area contributed by atoms with Crippen molar-refractivity contribution in [1.29, 1.82) is 0 Å². The molecule has 0 fully saturated rings. The Hall–Kier alpha value is -1.33. The maximum Gasteiger partial charge on any atom is 0.261 e. The summed E-state index contributed by atoms with van der Waals surface area (Å²) in [6.07, 6.45) is -0.756. The molecule has 0 aliphatic carbocycles. The fraction of sp³-hybridized carbons (Fsp3) is 0.462. The Morgan fingerprint density at radius 1 is 1.58 bits per heavy atom. The van der Waals surface area contributed by atoms with Gasteiger partial charge >= 0.3 is 0 Å². The minimum Gasteiger partial charge on any atom is -0.479 e. The maximum absolute atomic E-state index is 12.9. The fourth-order valence-corrected chi connectivity index (χ4v) is 1.51. The molecule has 1 amide bonds. The first kappa shape index (κ1) is 15.7. The van der Waals surface area contributed by atoms with Gasteiger partial charge in [-0.05, 0) is 39.0 Å². The van der Waals surface area contributed by atoms with E-state index in [1.165, 1.54) is 12.1 Å². The highest BCUT2D eigenvalue weighted by Gasteiger charge is 2.23. The Morgan fingerprint density at radius 3 is 2.74 bits per heavy atom. The van der Waals surface area contributed by atoms with E-state index in [-0.39, 0.29) is 16.7 Å². The lowest BCUT2D eigenvalue weighted by Gasteiger charge is -2.26. The van der Waals surface area contributed by atoms with E-state index in [4.69, 9.17) is 22.1 Å². The molecule has 0 aliphatic rings. The second kappa shape index (κ2) is 6.21. The Kier molecular flexibility index (Phi) is 5.14. The normalized spacial score (nSPS) is 12.9. The number of halogens is 2. The minimum atomic E-state index is -0.756. The SMILES string of the molecule is CC(Oc1ccc(F)cc1Cl)C(=O)NC(C)(C)CN. The average molecular weight is 289 g/mol. The molecule has 1 rings (SSSR count). The number of ether oxygens (including phenoxy) is 1. The van der Waals surface area contributed by atoms with E-state index in [0.29, 0.717) is 6.54 Å². The Morgan fingerprint density at radius 2 is 2.21 bits per heavy atom. The summed E-state index contributed by atoms with van der Waals surface area (Å²) in [4.78, 5) is 11.9. The number of nitrogens with two attached hydrogens (primary N) is 1. The van der Waals surface area contributed by atoms with Gasteiger partial charge in [-0.2, -0.15) is 0 Å². The zero-order valence-corrected chi connectivity index (χ0v) is 11.9. The van der Waals surface area contributed by atoms with Crippen LogP contribution < -0.4 is 15.8 Å². The van der Waals surface area contributed by atoms with Gasteiger partial charge in [-0.15, -0.1) is 0 Å². The molecule has 0 saturated carbocycles. The van der Waals surface area contributed by atoms with Crippen molar-refractivity contribution >= 4 is 17.5 Å². The summed E-state index contributed by atoms with van der Waals surface area (Å²) in [5, 5.41) is 2.87. The molecule has 3 N–H and O–H groups in total. The molecule has 0 spiro atoms. The first-order chi connectivity index (χ1) is 8.75. The Bertz CT molecular complexity index is 466. The first-order valence-corrected chi connectivity index (χ1v) is 6.27. The van der Waals surface area contributed by atoms with Crippen molar-refractivity contribution in [3.8, 4) is 5.75 Å². The summed E-state index contributed by atoms with van der Waals surface area (Å²) < 4.78 is 18.3. The molecule has 1 aromatic carbocycles. The van der Waals surface area contributed by atoms with Crippen LogP contribution in [0.1, 0.15) is 20.8 Å². The zero-order valence-electron chi connectivity index (χ0n) is 11.2. The molecule has 19 heavy (non-hydrogen) atoms. The second-order valence-corrected chi connectivity index (χ2v) is 5.32. The summed E-state index contributed by atoms with van der Waals surface area (Å²) >= 11 is 5.82. The molecule has 6 heteroatoms. The molecular weight excluding hydrogens is 271 g/mol. The van der Waals surface area contributed by atoms with Gasteiger partial charge in [0.15, 0.2) is 6.10 Å². The van der Waals surface area contributed by atoms with Crippen molar-refractivity contribution in [3.05, 3.63) is 29.0 Å². The second-order valence-electron chi connectivity index (χ2n) is 4.91. The molecular formula is C13H18ClFN2O2. The van der Waals surface area contributed by atoms with Crippen molar-refractivity contribution in [2.75, 3.05) is 6.54 Å². The van der Waals surface area contributed by atoms with Gasteiger partial charge in [0.05, 0.1) is 5.02 Å². The average Bonchev–Trinajstić information content (AvgIpc) is 2.32. The standard InChI is InChI=1S/C13H18ClFN2O2/c1-8(12(18)17-13(2,3)7-16)19-11-5-4-9(15)6-10(11)14/h4-6,8H,7,16H2,1-3H3,(H,17,18). The molecule has 1 atom stereocenters. The van der Waals surface area contributed by atoms with Crippen molar-refractivity contribution in [3.63, 3.8) is 0 Å². The maximum atomic E-state index is 12.9. The van der Waals surface area contributed by atoms with E-state index >= 15 is 0 Å². The summed E-state index contributed by atoms with van der Waals surface area (Å²) in [6.45, 7) is 5.51. The number of carbonyl (C=O) groups excluding carboxylic acids is 1. The largest absolute Gasteiger partial charge is 0.479 e. The predicted molar refractivity (Wildman–Crippen MR) is 72.8 cm³/mol. The van der Waals surface area contributed by atoms with Crippen LogP contribution >= 0.6 is 11.6 Å². The molecule has 0 saturated heterocycles. The molecule has 0 bridgehead atoms. The van der Waals surface area contributed by atoms with E-state index in [1.807, 2.05) is 13.8 Å². The van der Waals surface area contributed by atoms with Crippen molar-refractivity contribution in [1.82, 2.24) is 5.32 Å². The third-order valence-corrected chi connectivity index (χ3v) is 2.83. The van der Waals surface area contributed by atoms with Gasteiger partial charge in [-0.3, -0.25) is 4.79 Å². The van der Waals surface area contributed by atoms with Gasteiger partial charge in [0.1, 0.15) is 11.6 Å². The molecule has 0 aliphatic heterocycles. The number of hydrogen-bond acceptors (Lipinski definition) is 3. The monoisotopic (exact) mass is 288 g/mol. The molecule has 0 aromatic heterocycles. The lowest BCUT2D eigenvalue weighted by molar-refractivity contribution is -0.128. The van der Waals surface area contributed by atoms with Crippen molar-refractivity contribution < 1.29 is 13.9 Å². The van der Waals surface area contributed by atoms with Crippen LogP contribution in [-0.4, -0.2) is 24.1 Å². The molecule has 1 unspecified atom stereocenters. The smallest absolute Gasteiger partial charge is 0.261 e. The van der Waals surface area contributed by atoms with Crippen LogP contribution in [0.3, 0.4) is 0 Å². The minimum absolute atomic E-state index is 0.123. The summed E-state index contributed by atoms with van der Waals surface area (Å²) in [7, 11) is 0. The fourth-order valence-electron chi connectivity index (χ4n) is 1.30. The Balaban J connectivity index is 2.69. The topological polar surface area (TPSA) is 64.3 Å². The van der Waals surface area contributed by atoms with Gasteiger partial charge in [0, 0.05) is 12.1 Å². The van der Waals surface area contributed by atoms with E-state index in [9.17, 15) is 9.18 Å². The molecule has 106 valence electrons.